The van der Waals surface area contributed by atoms with Gasteiger partial charge in [0.2, 0.25) is 0 Å². The van der Waals surface area contributed by atoms with Crippen LogP contribution >= 0.6 is 11.6 Å². The molecule has 0 amide bonds. The molecule has 3 heterocycles. The molecule has 7 nitrogen and oxygen atoms in total. The van der Waals surface area contributed by atoms with Crippen LogP contribution in [0.1, 0.15) is 24.0 Å². The fourth-order valence-electron chi connectivity index (χ4n) is 3.90. The first-order valence-corrected chi connectivity index (χ1v) is 9.60. The third-order valence-corrected chi connectivity index (χ3v) is 5.54. The van der Waals surface area contributed by atoms with Gasteiger partial charge in [-0.3, -0.25) is 9.13 Å². The molecule has 0 aliphatic carbocycles. The molecular formula is C20H21ClN6O. The predicted octanol–water partition coefficient (Wildman–Crippen LogP) is 2.24. The van der Waals surface area contributed by atoms with Crippen LogP contribution in [0.2, 0.25) is 5.02 Å². The Bertz CT molecular complexity index is 1140. The third-order valence-electron chi connectivity index (χ3n) is 5.31. The summed E-state index contributed by atoms with van der Waals surface area (Å²) in [5.41, 5.74) is 9.54. The van der Waals surface area contributed by atoms with Gasteiger partial charge in [0, 0.05) is 37.4 Å². The number of aryl methyl sites for hydroxylation is 1. The highest BCUT2D eigenvalue weighted by Crippen LogP contribution is 2.28. The van der Waals surface area contributed by atoms with Gasteiger partial charge in [-0.05, 0) is 36.6 Å². The second kappa shape index (κ2) is 7.30. The molecule has 2 aromatic heterocycles. The van der Waals surface area contributed by atoms with E-state index in [9.17, 15) is 10.1 Å². The first-order valence-electron chi connectivity index (χ1n) is 9.23. The molecule has 1 aromatic carbocycles. The summed E-state index contributed by atoms with van der Waals surface area (Å²) in [6.07, 6.45) is 3.74. The largest absolute Gasteiger partial charge is 0.368 e. The van der Waals surface area contributed by atoms with Crippen LogP contribution in [0.3, 0.4) is 0 Å². The Labute approximate surface area is 167 Å². The predicted molar refractivity (Wildman–Crippen MR) is 110 cm³/mol. The molecule has 1 saturated heterocycles. The number of piperidine rings is 1. The van der Waals surface area contributed by atoms with Gasteiger partial charge in [0.1, 0.15) is 5.52 Å². The van der Waals surface area contributed by atoms with Gasteiger partial charge in [-0.25, -0.2) is 9.78 Å². The monoisotopic (exact) mass is 396 g/mol. The van der Waals surface area contributed by atoms with E-state index in [1.807, 2.05) is 6.07 Å². The molecule has 0 radical (unpaired) electrons. The molecule has 1 atom stereocenters. The van der Waals surface area contributed by atoms with Crippen molar-refractivity contribution in [2.75, 3.05) is 18.0 Å². The zero-order chi connectivity index (χ0) is 19.8. The van der Waals surface area contributed by atoms with Crippen molar-refractivity contribution in [3.8, 4) is 6.07 Å². The number of imidazole rings is 1. The number of fused-ring (bicyclic) bond motifs is 1. The average Bonchev–Trinajstić information content (AvgIpc) is 2.94. The van der Waals surface area contributed by atoms with E-state index in [0.717, 1.165) is 42.7 Å². The maximum atomic E-state index is 13.0. The van der Waals surface area contributed by atoms with E-state index in [1.165, 1.54) is 0 Å². The second-order valence-electron chi connectivity index (χ2n) is 7.19. The molecule has 144 valence electrons. The van der Waals surface area contributed by atoms with Crippen LogP contribution in [0, 0.1) is 11.3 Å². The third kappa shape index (κ3) is 3.15. The smallest absolute Gasteiger partial charge is 0.330 e. The molecule has 1 aliphatic rings. The van der Waals surface area contributed by atoms with Crippen molar-refractivity contribution in [2.24, 2.45) is 12.8 Å². The van der Waals surface area contributed by atoms with Gasteiger partial charge in [0.15, 0.2) is 5.65 Å². The Balaban J connectivity index is 1.88. The molecule has 8 heteroatoms. The summed E-state index contributed by atoms with van der Waals surface area (Å²) in [6.45, 7) is 1.90. The number of nitrogens with two attached hydrogens (primary N) is 1. The van der Waals surface area contributed by atoms with Gasteiger partial charge < -0.3 is 10.6 Å². The quantitative estimate of drug-likeness (QED) is 0.732. The number of nitrogens with zero attached hydrogens (tertiary/aromatic N) is 5. The van der Waals surface area contributed by atoms with Gasteiger partial charge in [-0.1, -0.05) is 17.7 Å². The molecule has 1 unspecified atom stereocenters. The Hall–Kier alpha value is -2.82. The first-order chi connectivity index (χ1) is 13.5. The van der Waals surface area contributed by atoms with E-state index in [0.29, 0.717) is 16.2 Å². The number of pyridine rings is 1. The van der Waals surface area contributed by atoms with Crippen LogP contribution in [-0.4, -0.2) is 33.2 Å². The number of hydrogen-bond donors (Lipinski definition) is 1. The molecule has 0 spiro atoms. The number of hydrogen-bond acceptors (Lipinski definition) is 5. The zero-order valence-corrected chi connectivity index (χ0v) is 16.4. The second-order valence-corrected chi connectivity index (χ2v) is 7.63. The van der Waals surface area contributed by atoms with Crippen molar-refractivity contribution < 1.29 is 0 Å². The fraction of sp³-hybridized carbons (Fsp3) is 0.350. The molecular weight excluding hydrogens is 376 g/mol. The molecule has 0 saturated carbocycles. The van der Waals surface area contributed by atoms with Crippen molar-refractivity contribution in [1.29, 1.82) is 5.26 Å². The molecule has 3 aromatic rings. The number of nitriles is 1. The summed E-state index contributed by atoms with van der Waals surface area (Å²) in [4.78, 5) is 19.6. The Morgan fingerprint density at radius 3 is 2.96 bits per heavy atom. The lowest BCUT2D eigenvalue weighted by Crippen LogP contribution is -2.43. The SMILES string of the molecule is Cn1c(=O)n(Cc2ccc(Cl)cc2C#N)c2c(N3CCCC(N)C3)ccnc21. The van der Waals surface area contributed by atoms with E-state index in [4.69, 9.17) is 17.3 Å². The minimum absolute atomic E-state index is 0.113. The lowest BCUT2D eigenvalue weighted by Gasteiger charge is -2.33. The summed E-state index contributed by atoms with van der Waals surface area (Å²) in [6, 6.07) is 9.36. The van der Waals surface area contributed by atoms with Crippen molar-refractivity contribution in [1.82, 2.24) is 14.1 Å². The van der Waals surface area contributed by atoms with Crippen molar-refractivity contribution in [3.05, 3.63) is 57.1 Å². The van der Waals surface area contributed by atoms with Gasteiger partial charge in [-0.15, -0.1) is 0 Å². The maximum absolute atomic E-state index is 13.0. The van der Waals surface area contributed by atoms with Gasteiger partial charge in [-0.2, -0.15) is 5.26 Å². The lowest BCUT2D eigenvalue weighted by atomic mass is 10.1. The zero-order valence-electron chi connectivity index (χ0n) is 15.6. The van der Waals surface area contributed by atoms with E-state index in [1.54, 1.807) is 40.6 Å². The minimum atomic E-state index is -0.171. The van der Waals surface area contributed by atoms with Crippen LogP contribution in [0.4, 0.5) is 5.69 Å². The molecule has 0 bridgehead atoms. The summed E-state index contributed by atoms with van der Waals surface area (Å²) < 4.78 is 3.23. The number of aromatic nitrogens is 3. The van der Waals surface area contributed by atoms with Gasteiger partial charge >= 0.3 is 5.69 Å². The molecule has 28 heavy (non-hydrogen) atoms. The Kier molecular flexibility index (Phi) is 4.84. The van der Waals surface area contributed by atoms with Gasteiger partial charge in [0.05, 0.1) is 23.9 Å². The molecule has 1 aliphatic heterocycles. The molecule has 2 N–H and O–H groups in total. The average molecular weight is 397 g/mol. The summed E-state index contributed by atoms with van der Waals surface area (Å²) in [7, 11) is 1.72. The fourth-order valence-corrected chi connectivity index (χ4v) is 4.07. The molecule has 1 fully saturated rings. The van der Waals surface area contributed by atoms with Crippen molar-refractivity contribution in [2.45, 2.75) is 25.4 Å². The van der Waals surface area contributed by atoms with Crippen LogP contribution in [-0.2, 0) is 13.6 Å². The van der Waals surface area contributed by atoms with Crippen LogP contribution in [0.15, 0.2) is 35.3 Å². The first kappa shape index (κ1) is 18.5. The normalized spacial score (nSPS) is 17.1. The maximum Gasteiger partial charge on any atom is 0.330 e. The highest BCUT2D eigenvalue weighted by atomic mass is 35.5. The Morgan fingerprint density at radius 2 is 2.21 bits per heavy atom. The van der Waals surface area contributed by atoms with Crippen molar-refractivity contribution >= 4 is 28.5 Å². The standard InChI is InChI=1S/C20H21ClN6O/c1-25-19-18(17(6-7-24-19)26-8-2-3-16(23)12-26)27(20(25)28)11-13-4-5-15(21)9-14(13)10-22/h4-7,9,16H,2-3,8,11-12,23H2,1H3. The highest BCUT2D eigenvalue weighted by molar-refractivity contribution is 6.30. The summed E-state index contributed by atoms with van der Waals surface area (Å²) in [5.74, 6) is 0. The topological polar surface area (TPSA) is 92.9 Å². The van der Waals surface area contributed by atoms with E-state index < -0.39 is 0 Å². The number of benzene rings is 1. The molecule has 4 rings (SSSR count). The Morgan fingerprint density at radius 1 is 1.39 bits per heavy atom. The van der Waals surface area contributed by atoms with Crippen LogP contribution in [0.25, 0.3) is 11.2 Å². The minimum Gasteiger partial charge on any atom is -0.368 e. The van der Waals surface area contributed by atoms with E-state index >= 15 is 0 Å². The van der Waals surface area contributed by atoms with E-state index in [2.05, 4.69) is 16.0 Å². The number of anilines is 1. The van der Waals surface area contributed by atoms with Gasteiger partial charge in [0.25, 0.3) is 0 Å². The highest BCUT2D eigenvalue weighted by Gasteiger charge is 2.23. The van der Waals surface area contributed by atoms with Crippen molar-refractivity contribution in [3.63, 3.8) is 0 Å². The summed E-state index contributed by atoms with van der Waals surface area (Å²) in [5, 5.41) is 9.96. The lowest BCUT2D eigenvalue weighted by molar-refractivity contribution is 0.506. The number of halogens is 1. The van der Waals surface area contributed by atoms with Crippen LogP contribution < -0.4 is 16.3 Å². The summed E-state index contributed by atoms with van der Waals surface area (Å²) >= 11 is 6.02. The van der Waals surface area contributed by atoms with Crippen LogP contribution in [0.5, 0.6) is 0 Å². The van der Waals surface area contributed by atoms with E-state index in [-0.39, 0.29) is 18.3 Å². The number of rotatable bonds is 3.